The number of pyridine rings is 1. The Morgan fingerprint density at radius 2 is 1.74 bits per heavy atom. The molecule has 1 fully saturated rings. The quantitative estimate of drug-likeness (QED) is 0.502. The molecule has 0 unspecified atom stereocenters. The summed E-state index contributed by atoms with van der Waals surface area (Å²) in [7, 11) is 0. The topological polar surface area (TPSA) is 143 Å². The van der Waals surface area contributed by atoms with E-state index in [0.29, 0.717) is 30.7 Å². The predicted molar refractivity (Wildman–Crippen MR) is 125 cm³/mol. The molecule has 3 aromatic rings. The van der Waals surface area contributed by atoms with E-state index in [0.717, 1.165) is 12.1 Å². The van der Waals surface area contributed by atoms with Crippen molar-refractivity contribution >= 4 is 27.7 Å². The lowest BCUT2D eigenvalue weighted by Gasteiger charge is -2.28. The maximum absolute atomic E-state index is 13.6. The van der Waals surface area contributed by atoms with Crippen molar-refractivity contribution in [2.45, 2.75) is 19.4 Å². The van der Waals surface area contributed by atoms with Gasteiger partial charge in [0.05, 0.1) is 11.3 Å². The Bertz CT molecular complexity index is 1300. The fourth-order valence-electron chi connectivity index (χ4n) is 4.17. The second kappa shape index (κ2) is 9.82. The molecule has 4 N–H and O–H groups in total. The van der Waals surface area contributed by atoms with Crippen molar-refractivity contribution in [3.63, 3.8) is 0 Å². The molecule has 9 nitrogen and oxygen atoms in total. The number of ether oxygens (including phenoxy) is 1. The molecule has 176 valence electrons. The van der Waals surface area contributed by atoms with Crippen LogP contribution in [0.2, 0.25) is 0 Å². The normalized spacial score (nSPS) is 14.2. The number of aromatic nitrogens is 3. The number of rotatable bonds is 6. The highest BCUT2D eigenvalue weighted by Crippen LogP contribution is 2.31. The van der Waals surface area contributed by atoms with Crippen molar-refractivity contribution in [2.75, 3.05) is 13.2 Å². The van der Waals surface area contributed by atoms with Crippen LogP contribution in [0.5, 0.6) is 0 Å². The number of nitrogens with zero attached hydrogens (tertiary/aromatic N) is 3. The van der Waals surface area contributed by atoms with Crippen LogP contribution >= 0.6 is 15.9 Å². The van der Waals surface area contributed by atoms with E-state index in [1.54, 1.807) is 12.1 Å². The number of amides is 2. The van der Waals surface area contributed by atoms with Crippen LogP contribution in [0.15, 0.2) is 45.8 Å². The number of carbonyl (C=O) groups excluding carboxylic acids is 2. The highest BCUT2D eigenvalue weighted by atomic mass is 79.9. The van der Waals surface area contributed by atoms with Crippen molar-refractivity contribution in [1.29, 1.82) is 0 Å². The van der Waals surface area contributed by atoms with Gasteiger partial charge in [0.15, 0.2) is 0 Å². The van der Waals surface area contributed by atoms with Gasteiger partial charge in [-0.3, -0.25) is 14.4 Å². The number of carbonyl (C=O) groups is 2. The molecule has 3 heterocycles. The first kappa shape index (κ1) is 23.7. The van der Waals surface area contributed by atoms with Gasteiger partial charge in [-0.05, 0) is 64.5 Å². The predicted octanol–water partition coefficient (Wildman–Crippen LogP) is 2.50. The van der Waals surface area contributed by atoms with E-state index in [1.165, 1.54) is 16.7 Å². The number of hydrogen-bond acceptors (Lipinski definition) is 6. The van der Waals surface area contributed by atoms with Crippen LogP contribution in [0, 0.1) is 11.7 Å². The lowest BCUT2D eigenvalue weighted by Crippen LogP contribution is -2.35. The summed E-state index contributed by atoms with van der Waals surface area (Å²) >= 11 is 3.21. The van der Waals surface area contributed by atoms with Crippen LogP contribution in [-0.4, -0.2) is 39.8 Å². The van der Waals surface area contributed by atoms with E-state index in [9.17, 15) is 18.8 Å². The van der Waals surface area contributed by atoms with Gasteiger partial charge in [0.2, 0.25) is 5.43 Å². The Balaban J connectivity index is 2.11. The molecule has 0 radical (unpaired) electrons. The van der Waals surface area contributed by atoms with E-state index in [1.807, 2.05) is 0 Å². The van der Waals surface area contributed by atoms with Gasteiger partial charge in [-0.15, -0.1) is 10.2 Å². The standard InChI is InChI=1S/C23H21BrFN5O4/c24-16-6-5-15(28-29-16)19-18(22(26)32)21(31)17(13-1-3-14(25)4-2-13)20(23(27)33)30(19)11-12-7-9-34-10-8-12/h1-6,12H,7-11H2,(H2,26,32)(H2,27,33). The van der Waals surface area contributed by atoms with Gasteiger partial charge in [0.25, 0.3) is 11.8 Å². The molecule has 2 aromatic heterocycles. The molecular formula is C23H21BrFN5O4. The number of primary amides is 2. The number of benzene rings is 1. The molecule has 1 saturated heterocycles. The second-order valence-electron chi connectivity index (χ2n) is 7.92. The minimum atomic E-state index is -0.996. The monoisotopic (exact) mass is 529 g/mol. The molecule has 0 saturated carbocycles. The third kappa shape index (κ3) is 4.62. The zero-order valence-corrected chi connectivity index (χ0v) is 19.5. The number of nitrogens with two attached hydrogens (primary N) is 2. The van der Waals surface area contributed by atoms with Gasteiger partial charge in [0, 0.05) is 19.8 Å². The summed E-state index contributed by atoms with van der Waals surface area (Å²) in [4.78, 5) is 39.0. The molecule has 1 aromatic carbocycles. The van der Waals surface area contributed by atoms with Crippen molar-refractivity contribution in [3.8, 4) is 22.5 Å². The van der Waals surface area contributed by atoms with Crippen molar-refractivity contribution < 1.29 is 18.7 Å². The fourth-order valence-corrected chi connectivity index (χ4v) is 4.38. The first-order valence-corrected chi connectivity index (χ1v) is 11.3. The molecule has 1 aliphatic heterocycles. The molecule has 0 aliphatic carbocycles. The van der Waals surface area contributed by atoms with Crippen LogP contribution in [0.3, 0.4) is 0 Å². The summed E-state index contributed by atoms with van der Waals surface area (Å²) in [6.45, 7) is 1.33. The maximum Gasteiger partial charge on any atom is 0.266 e. The fraction of sp³-hybridized carbons (Fsp3) is 0.261. The first-order valence-electron chi connectivity index (χ1n) is 10.5. The van der Waals surface area contributed by atoms with Crippen LogP contribution in [0.1, 0.15) is 33.7 Å². The van der Waals surface area contributed by atoms with Gasteiger partial charge < -0.3 is 20.8 Å². The van der Waals surface area contributed by atoms with Crippen molar-refractivity contribution in [2.24, 2.45) is 17.4 Å². The molecule has 0 atom stereocenters. The van der Waals surface area contributed by atoms with E-state index < -0.39 is 23.1 Å². The summed E-state index contributed by atoms with van der Waals surface area (Å²) in [6, 6.07) is 8.15. The second-order valence-corrected chi connectivity index (χ2v) is 8.73. The zero-order chi connectivity index (χ0) is 24.4. The smallest absolute Gasteiger partial charge is 0.266 e. The van der Waals surface area contributed by atoms with Crippen molar-refractivity contribution in [3.05, 3.63) is 68.3 Å². The molecule has 34 heavy (non-hydrogen) atoms. The van der Waals surface area contributed by atoms with E-state index in [-0.39, 0.29) is 46.2 Å². The Morgan fingerprint density at radius 3 is 2.29 bits per heavy atom. The third-order valence-corrected chi connectivity index (χ3v) is 6.16. The van der Waals surface area contributed by atoms with Gasteiger partial charge in [-0.25, -0.2) is 4.39 Å². The molecule has 0 spiro atoms. The Labute approximate surface area is 202 Å². The molecule has 4 rings (SSSR count). The summed E-state index contributed by atoms with van der Waals surface area (Å²) in [5.74, 6) is -2.34. The molecule has 1 aliphatic rings. The van der Waals surface area contributed by atoms with Crippen LogP contribution in [-0.2, 0) is 11.3 Å². The molecule has 0 bridgehead atoms. The van der Waals surface area contributed by atoms with Gasteiger partial charge in [-0.1, -0.05) is 12.1 Å². The van der Waals surface area contributed by atoms with Gasteiger partial charge >= 0.3 is 0 Å². The van der Waals surface area contributed by atoms with Crippen LogP contribution in [0.25, 0.3) is 22.5 Å². The lowest BCUT2D eigenvalue weighted by atomic mass is 9.94. The van der Waals surface area contributed by atoms with E-state index in [4.69, 9.17) is 16.2 Å². The first-order chi connectivity index (χ1) is 16.3. The number of halogens is 2. The van der Waals surface area contributed by atoms with E-state index >= 15 is 0 Å². The summed E-state index contributed by atoms with van der Waals surface area (Å²) < 4.78 is 21.0. The van der Waals surface area contributed by atoms with Crippen LogP contribution < -0.4 is 16.9 Å². The average molecular weight is 530 g/mol. The highest BCUT2D eigenvalue weighted by Gasteiger charge is 2.31. The number of hydrogen-bond donors (Lipinski definition) is 2. The molecular weight excluding hydrogens is 509 g/mol. The lowest BCUT2D eigenvalue weighted by molar-refractivity contribution is 0.0609. The minimum absolute atomic E-state index is 0.0589. The van der Waals surface area contributed by atoms with Gasteiger partial charge in [0.1, 0.15) is 27.4 Å². The average Bonchev–Trinajstić information content (AvgIpc) is 2.81. The van der Waals surface area contributed by atoms with E-state index in [2.05, 4.69) is 26.1 Å². The SMILES string of the molecule is NC(=O)c1c(-c2ccc(Br)nn2)n(CC2CCOCC2)c(C(N)=O)c(-c2ccc(F)cc2)c1=O. The third-order valence-electron chi connectivity index (χ3n) is 5.74. The largest absolute Gasteiger partial charge is 0.381 e. The summed E-state index contributed by atoms with van der Waals surface area (Å²) in [5, 5.41) is 8.07. The summed E-state index contributed by atoms with van der Waals surface area (Å²) in [5.41, 5.74) is 10.6. The van der Waals surface area contributed by atoms with Crippen molar-refractivity contribution in [1.82, 2.24) is 14.8 Å². The molecule has 11 heteroatoms. The van der Waals surface area contributed by atoms with Crippen LogP contribution in [0.4, 0.5) is 4.39 Å². The zero-order valence-electron chi connectivity index (χ0n) is 18.0. The Kier molecular flexibility index (Phi) is 6.85. The Hall–Kier alpha value is -3.44. The highest BCUT2D eigenvalue weighted by molar-refractivity contribution is 9.10. The molecule has 2 amide bonds. The maximum atomic E-state index is 13.6. The minimum Gasteiger partial charge on any atom is -0.381 e. The van der Waals surface area contributed by atoms with Gasteiger partial charge in [-0.2, -0.15) is 0 Å². The Morgan fingerprint density at radius 1 is 1.06 bits per heavy atom. The summed E-state index contributed by atoms with van der Waals surface area (Å²) in [6.07, 6.45) is 1.40.